The Kier molecular flexibility index (Phi) is 2.77. The summed E-state index contributed by atoms with van der Waals surface area (Å²) in [7, 11) is 0. The molecule has 0 unspecified atom stereocenters. The second-order valence-corrected chi connectivity index (χ2v) is 5.72. The molecule has 2 atom stereocenters. The van der Waals surface area contributed by atoms with Crippen molar-refractivity contribution >= 4 is 11.8 Å². The van der Waals surface area contributed by atoms with E-state index in [1.807, 2.05) is 0 Å². The second kappa shape index (κ2) is 4.48. The van der Waals surface area contributed by atoms with Gasteiger partial charge in [-0.3, -0.25) is 14.7 Å². The zero-order valence-corrected chi connectivity index (χ0v) is 11.6. The molecule has 0 aromatic carbocycles. The van der Waals surface area contributed by atoms with Gasteiger partial charge in [0.1, 0.15) is 5.69 Å². The maximum Gasteiger partial charge on any atom is 0.279 e. The standard InChI is InChI=1S/C13H14F2N4O3/c14-11(15)7-5-8(17-16-7)12(21)18-2-1-13-9(18)6-10(20)19(13)3-4-22-13/h5,9,11H,1-4,6H2,(H,16,17)/t9-,13+/m1/s1. The predicted molar refractivity (Wildman–Crippen MR) is 68.0 cm³/mol. The lowest BCUT2D eigenvalue weighted by Crippen LogP contribution is -2.48. The number of hydrogen-bond acceptors (Lipinski definition) is 4. The van der Waals surface area contributed by atoms with E-state index in [-0.39, 0.29) is 24.1 Å². The molecule has 0 bridgehead atoms. The number of H-pyrrole nitrogens is 1. The summed E-state index contributed by atoms with van der Waals surface area (Å²) in [6.07, 6.45) is -1.96. The topological polar surface area (TPSA) is 78.5 Å². The summed E-state index contributed by atoms with van der Waals surface area (Å²) in [6, 6.07) is 0.684. The van der Waals surface area contributed by atoms with E-state index in [0.717, 1.165) is 6.07 Å². The molecule has 9 heteroatoms. The fourth-order valence-electron chi connectivity index (χ4n) is 3.74. The van der Waals surface area contributed by atoms with Gasteiger partial charge >= 0.3 is 0 Å². The summed E-state index contributed by atoms with van der Waals surface area (Å²) in [6.45, 7) is 1.42. The van der Waals surface area contributed by atoms with Crippen LogP contribution in [-0.4, -0.2) is 63.3 Å². The van der Waals surface area contributed by atoms with Crippen LogP contribution in [0.25, 0.3) is 0 Å². The average Bonchev–Trinajstić information content (AvgIpc) is 3.20. The van der Waals surface area contributed by atoms with Crippen LogP contribution in [0, 0.1) is 0 Å². The number of aromatic nitrogens is 2. The van der Waals surface area contributed by atoms with Crippen LogP contribution in [0.15, 0.2) is 6.07 Å². The van der Waals surface area contributed by atoms with E-state index in [1.54, 1.807) is 4.90 Å². The third-order valence-electron chi connectivity index (χ3n) is 4.71. The van der Waals surface area contributed by atoms with E-state index in [9.17, 15) is 18.4 Å². The monoisotopic (exact) mass is 312 g/mol. The molecule has 1 spiro atoms. The second-order valence-electron chi connectivity index (χ2n) is 5.72. The zero-order chi connectivity index (χ0) is 15.5. The van der Waals surface area contributed by atoms with Gasteiger partial charge in [0.15, 0.2) is 11.4 Å². The van der Waals surface area contributed by atoms with Crippen LogP contribution < -0.4 is 0 Å². The molecule has 4 rings (SSSR count). The molecule has 1 N–H and O–H groups in total. The zero-order valence-electron chi connectivity index (χ0n) is 11.6. The Morgan fingerprint density at radius 1 is 1.50 bits per heavy atom. The van der Waals surface area contributed by atoms with Crippen LogP contribution in [0.5, 0.6) is 0 Å². The summed E-state index contributed by atoms with van der Waals surface area (Å²) in [5.41, 5.74) is -1.18. The molecule has 3 aliphatic heterocycles. The van der Waals surface area contributed by atoms with Crippen molar-refractivity contribution in [2.24, 2.45) is 0 Å². The number of nitrogens with one attached hydrogen (secondary N) is 1. The summed E-state index contributed by atoms with van der Waals surface area (Å²) in [5.74, 6) is -0.481. The number of alkyl halides is 2. The van der Waals surface area contributed by atoms with Crippen molar-refractivity contribution in [3.8, 4) is 0 Å². The van der Waals surface area contributed by atoms with Crippen LogP contribution >= 0.6 is 0 Å². The van der Waals surface area contributed by atoms with Crippen molar-refractivity contribution in [2.75, 3.05) is 19.7 Å². The van der Waals surface area contributed by atoms with Crippen LogP contribution in [0.3, 0.4) is 0 Å². The fourth-order valence-corrected chi connectivity index (χ4v) is 3.74. The van der Waals surface area contributed by atoms with E-state index in [4.69, 9.17) is 4.74 Å². The molecular formula is C13H14F2N4O3. The van der Waals surface area contributed by atoms with Gasteiger partial charge in [0.2, 0.25) is 5.91 Å². The number of carbonyl (C=O) groups excluding carboxylic acids is 2. The highest BCUT2D eigenvalue weighted by Crippen LogP contribution is 2.45. The third-order valence-corrected chi connectivity index (χ3v) is 4.71. The first-order valence-corrected chi connectivity index (χ1v) is 7.12. The van der Waals surface area contributed by atoms with Crippen molar-refractivity contribution in [3.63, 3.8) is 0 Å². The summed E-state index contributed by atoms with van der Waals surface area (Å²) < 4.78 is 31.0. The molecule has 7 nitrogen and oxygen atoms in total. The Labute approximate surface area is 124 Å². The maximum absolute atomic E-state index is 12.6. The average molecular weight is 312 g/mol. The van der Waals surface area contributed by atoms with Crippen LogP contribution in [0.1, 0.15) is 35.4 Å². The van der Waals surface area contributed by atoms with Crippen LogP contribution in [0.2, 0.25) is 0 Å². The summed E-state index contributed by atoms with van der Waals surface area (Å²) in [5, 5.41) is 5.83. The van der Waals surface area contributed by atoms with Crippen LogP contribution in [0.4, 0.5) is 8.78 Å². The van der Waals surface area contributed by atoms with Gasteiger partial charge in [-0.2, -0.15) is 5.10 Å². The quantitative estimate of drug-likeness (QED) is 0.863. The van der Waals surface area contributed by atoms with Gasteiger partial charge < -0.3 is 14.5 Å². The first-order chi connectivity index (χ1) is 10.5. The molecule has 2 amide bonds. The molecule has 1 aromatic rings. The minimum atomic E-state index is -2.71. The van der Waals surface area contributed by atoms with Gasteiger partial charge in [0.05, 0.1) is 19.1 Å². The lowest BCUT2D eigenvalue weighted by atomic mass is 10.1. The number of carbonyl (C=O) groups is 2. The highest BCUT2D eigenvalue weighted by molar-refractivity contribution is 5.94. The minimum Gasteiger partial charge on any atom is -0.351 e. The molecular weight excluding hydrogens is 298 g/mol. The Morgan fingerprint density at radius 3 is 3.05 bits per heavy atom. The molecule has 3 aliphatic rings. The summed E-state index contributed by atoms with van der Waals surface area (Å²) >= 11 is 0. The largest absolute Gasteiger partial charge is 0.351 e. The lowest BCUT2D eigenvalue weighted by Gasteiger charge is -2.31. The SMILES string of the molecule is O=C(c1cc(C(F)F)[nH]n1)N1CC[C@@]23OCCN2C(=O)C[C@@H]13. The summed E-state index contributed by atoms with van der Waals surface area (Å²) in [4.78, 5) is 27.8. The van der Waals surface area contributed by atoms with E-state index in [2.05, 4.69) is 10.2 Å². The molecule has 4 heterocycles. The molecule has 0 saturated carbocycles. The van der Waals surface area contributed by atoms with Crippen molar-refractivity contribution in [1.82, 2.24) is 20.0 Å². The number of hydrogen-bond donors (Lipinski definition) is 1. The first kappa shape index (κ1) is 13.6. The van der Waals surface area contributed by atoms with E-state index >= 15 is 0 Å². The molecule has 0 radical (unpaired) electrons. The molecule has 3 saturated heterocycles. The lowest BCUT2D eigenvalue weighted by molar-refractivity contribution is -0.136. The van der Waals surface area contributed by atoms with Gasteiger partial charge in [-0.25, -0.2) is 8.78 Å². The van der Waals surface area contributed by atoms with E-state index < -0.39 is 23.8 Å². The van der Waals surface area contributed by atoms with Gasteiger partial charge in [0, 0.05) is 19.5 Å². The number of aromatic amines is 1. The van der Waals surface area contributed by atoms with Gasteiger partial charge in [0.25, 0.3) is 12.3 Å². The van der Waals surface area contributed by atoms with Gasteiger partial charge in [-0.05, 0) is 6.07 Å². The molecule has 118 valence electrons. The van der Waals surface area contributed by atoms with E-state index in [1.165, 1.54) is 4.90 Å². The highest BCUT2D eigenvalue weighted by Gasteiger charge is 2.63. The number of amides is 2. The number of halogens is 2. The highest BCUT2D eigenvalue weighted by atomic mass is 19.3. The van der Waals surface area contributed by atoms with E-state index in [0.29, 0.717) is 26.1 Å². The number of rotatable bonds is 2. The van der Waals surface area contributed by atoms with Crippen molar-refractivity contribution in [1.29, 1.82) is 0 Å². The van der Waals surface area contributed by atoms with Crippen LogP contribution in [-0.2, 0) is 9.53 Å². The fraction of sp³-hybridized carbons (Fsp3) is 0.615. The molecule has 0 aliphatic carbocycles. The van der Waals surface area contributed by atoms with Crippen molar-refractivity contribution in [2.45, 2.75) is 31.0 Å². The molecule has 3 fully saturated rings. The Balaban J connectivity index is 1.61. The molecule has 1 aromatic heterocycles. The van der Waals surface area contributed by atoms with Crippen molar-refractivity contribution in [3.05, 3.63) is 17.5 Å². The van der Waals surface area contributed by atoms with Gasteiger partial charge in [-0.15, -0.1) is 0 Å². The number of nitrogens with zero attached hydrogens (tertiary/aromatic N) is 3. The predicted octanol–water partition coefficient (Wildman–Crippen LogP) is 0.521. The molecule has 22 heavy (non-hydrogen) atoms. The smallest absolute Gasteiger partial charge is 0.279 e. The minimum absolute atomic E-state index is 0.0321. The first-order valence-electron chi connectivity index (χ1n) is 7.12. The van der Waals surface area contributed by atoms with Crippen molar-refractivity contribution < 1.29 is 23.1 Å². The number of likely N-dealkylation sites (tertiary alicyclic amines) is 1. The maximum atomic E-state index is 12.6. The normalized spacial score (nSPS) is 30.3. The number of ether oxygens (including phenoxy) is 1. The Bertz CT molecular complexity index is 649. The third kappa shape index (κ3) is 1.65. The van der Waals surface area contributed by atoms with Gasteiger partial charge in [-0.1, -0.05) is 0 Å². The Hall–Kier alpha value is -2.03. The Morgan fingerprint density at radius 2 is 2.32 bits per heavy atom.